The summed E-state index contributed by atoms with van der Waals surface area (Å²) in [5.41, 5.74) is 7.93. The minimum absolute atomic E-state index is 0.0732. The highest BCUT2D eigenvalue weighted by Gasteiger charge is 2.16. The average Bonchev–Trinajstić information content (AvgIpc) is 2.99. The molecule has 3 heterocycles. The molecule has 2 N–H and O–H groups in total. The summed E-state index contributed by atoms with van der Waals surface area (Å²) in [6.07, 6.45) is 5.95. The second-order valence-electron chi connectivity index (χ2n) is 4.37. The molecule has 0 saturated heterocycles. The highest BCUT2D eigenvalue weighted by Crippen LogP contribution is 2.29. The standard InChI is InChI=1S/C13H14N4OS/c1-9(14)8-10-12(19-13-15-5-7-18-13)16-11-4-2-3-6-17(10)11/h2-7,9H,8,14H2,1H3. The molecule has 0 aliphatic rings. The topological polar surface area (TPSA) is 69.3 Å². The van der Waals surface area contributed by atoms with Crippen LogP contribution < -0.4 is 5.73 Å². The first-order chi connectivity index (χ1) is 9.24. The fraction of sp³-hybridized carbons (Fsp3) is 0.231. The van der Waals surface area contributed by atoms with Gasteiger partial charge in [0.05, 0.1) is 11.9 Å². The molecule has 0 aliphatic heterocycles. The predicted molar refractivity (Wildman–Crippen MR) is 73.2 cm³/mol. The van der Waals surface area contributed by atoms with Crippen molar-refractivity contribution >= 4 is 17.4 Å². The molecule has 0 bridgehead atoms. The molecule has 1 unspecified atom stereocenters. The van der Waals surface area contributed by atoms with Crippen LogP contribution in [0.3, 0.4) is 0 Å². The van der Waals surface area contributed by atoms with Gasteiger partial charge in [-0.15, -0.1) is 0 Å². The third-order valence-corrected chi connectivity index (χ3v) is 3.60. The summed E-state index contributed by atoms with van der Waals surface area (Å²) in [5.74, 6) is 0. The molecule has 3 aromatic heterocycles. The fourth-order valence-corrected chi connectivity index (χ4v) is 2.76. The van der Waals surface area contributed by atoms with Crippen LogP contribution >= 0.6 is 11.8 Å². The third kappa shape index (κ3) is 2.50. The maximum Gasteiger partial charge on any atom is 0.262 e. The maximum absolute atomic E-state index is 5.93. The van der Waals surface area contributed by atoms with Gasteiger partial charge in [-0.05, 0) is 30.8 Å². The summed E-state index contributed by atoms with van der Waals surface area (Å²) in [6.45, 7) is 1.99. The van der Waals surface area contributed by atoms with Crippen LogP contribution in [0.15, 0.2) is 51.5 Å². The number of imidazole rings is 1. The van der Waals surface area contributed by atoms with Gasteiger partial charge in [0.1, 0.15) is 16.9 Å². The Kier molecular flexibility index (Phi) is 3.27. The summed E-state index contributed by atoms with van der Waals surface area (Å²) in [4.78, 5) is 8.73. The largest absolute Gasteiger partial charge is 0.440 e. The van der Waals surface area contributed by atoms with E-state index in [0.29, 0.717) is 5.22 Å². The van der Waals surface area contributed by atoms with Gasteiger partial charge in [-0.1, -0.05) is 6.07 Å². The molecule has 0 saturated carbocycles. The zero-order chi connectivity index (χ0) is 13.2. The molecule has 0 amide bonds. The lowest BCUT2D eigenvalue weighted by molar-refractivity contribution is 0.454. The van der Waals surface area contributed by atoms with E-state index in [1.54, 1.807) is 12.5 Å². The second-order valence-corrected chi connectivity index (χ2v) is 5.31. The number of rotatable bonds is 4. The number of nitrogens with zero attached hydrogens (tertiary/aromatic N) is 3. The Morgan fingerprint density at radius 2 is 2.37 bits per heavy atom. The van der Waals surface area contributed by atoms with Crippen LogP contribution in [0, 0.1) is 0 Å². The molecule has 3 aromatic rings. The van der Waals surface area contributed by atoms with E-state index in [-0.39, 0.29) is 6.04 Å². The molecule has 0 aromatic carbocycles. The van der Waals surface area contributed by atoms with Crippen molar-refractivity contribution in [2.75, 3.05) is 0 Å². The Bertz CT molecular complexity index is 675. The van der Waals surface area contributed by atoms with Gasteiger partial charge in [0.15, 0.2) is 0 Å². The van der Waals surface area contributed by atoms with E-state index in [9.17, 15) is 0 Å². The molecular weight excluding hydrogens is 260 g/mol. The lowest BCUT2D eigenvalue weighted by Gasteiger charge is -2.06. The van der Waals surface area contributed by atoms with Crippen molar-refractivity contribution in [2.24, 2.45) is 5.73 Å². The van der Waals surface area contributed by atoms with Gasteiger partial charge in [-0.3, -0.25) is 0 Å². The van der Waals surface area contributed by atoms with E-state index in [0.717, 1.165) is 22.8 Å². The molecule has 0 radical (unpaired) electrons. The lowest BCUT2D eigenvalue weighted by atomic mass is 10.2. The van der Waals surface area contributed by atoms with Gasteiger partial charge < -0.3 is 14.6 Å². The van der Waals surface area contributed by atoms with E-state index >= 15 is 0 Å². The van der Waals surface area contributed by atoms with Crippen molar-refractivity contribution in [1.29, 1.82) is 0 Å². The Labute approximate surface area is 114 Å². The van der Waals surface area contributed by atoms with Gasteiger partial charge in [-0.25, -0.2) is 9.97 Å². The quantitative estimate of drug-likeness (QED) is 0.791. The van der Waals surface area contributed by atoms with Crippen LogP contribution in [0.5, 0.6) is 0 Å². The van der Waals surface area contributed by atoms with Gasteiger partial charge in [0.25, 0.3) is 5.22 Å². The van der Waals surface area contributed by atoms with Crippen LogP contribution in [0.4, 0.5) is 0 Å². The van der Waals surface area contributed by atoms with Crippen LogP contribution in [-0.4, -0.2) is 20.4 Å². The molecule has 98 valence electrons. The SMILES string of the molecule is CC(N)Cc1c(Sc2ncco2)nc2ccccn12. The van der Waals surface area contributed by atoms with Crippen LogP contribution in [-0.2, 0) is 6.42 Å². The van der Waals surface area contributed by atoms with Crippen molar-refractivity contribution in [3.63, 3.8) is 0 Å². The van der Waals surface area contributed by atoms with E-state index in [4.69, 9.17) is 10.2 Å². The number of pyridine rings is 1. The van der Waals surface area contributed by atoms with Crippen LogP contribution in [0.2, 0.25) is 0 Å². The van der Waals surface area contributed by atoms with E-state index in [2.05, 4.69) is 14.4 Å². The molecule has 0 aliphatic carbocycles. The van der Waals surface area contributed by atoms with E-state index in [1.807, 2.05) is 31.3 Å². The maximum atomic E-state index is 5.93. The zero-order valence-corrected chi connectivity index (χ0v) is 11.3. The second kappa shape index (κ2) is 5.07. The van der Waals surface area contributed by atoms with Gasteiger partial charge >= 0.3 is 0 Å². The molecule has 0 spiro atoms. The van der Waals surface area contributed by atoms with Gasteiger partial charge in [0.2, 0.25) is 0 Å². The Hall–Kier alpha value is -1.79. The minimum Gasteiger partial charge on any atom is -0.440 e. The van der Waals surface area contributed by atoms with Crippen LogP contribution in [0.25, 0.3) is 5.65 Å². The zero-order valence-electron chi connectivity index (χ0n) is 10.5. The predicted octanol–water partition coefficient (Wildman–Crippen LogP) is 2.36. The number of hydrogen-bond acceptors (Lipinski definition) is 5. The molecule has 1 atom stereocenters. The van der Waals surface area contributed by atoms with Crippen molar-refractivity contribution in [3.05, 3.63) is 42.5 Å². The normalized spacial score (nSPS) is 12.9. The monoisotopic (exact) mass is 274 g/mol. The number of fused-ring (bicyclic) bond motifs is 1. The van der Waals surface area contributed by atoms with Crippen molar-refractivity contribution < 1.29 is 4.42 Å². The van der Waals surface area contributed by atoms with E-state index in [1.165, 1.54) is 11.8 Å². The number of aromatic nitrogens is 3. The summed E-state index contributed by atoms with van der Waals surface area (Å²) in [6, 6.07) is 6.00. The van der Waals surface area contributed by atoms with Crippen LogP contribution in [0.1, 0.15) is 12.6 Å². The molecule has 6 heteroatoms. The lowest BCUT2D eigenvalue weighted by Crippen LogP contribution is -2.19. The smallest absolute Gasteiger partial charge is 0.262 e. The first-order valence-corrected chi connectivity index (χ1v) is 6.84. The highest BCUT2D eigenvalue weighted by atomic mass is 32.2. The molecule has 0 fully saturated rings. The minimum atomic E-state index is 0.0732. The summed E-state index contributed by atoms with van der Waals surface area (Å²) >= 11 is 1.42. The highest BCUT2D eigenvalue weighted by molar-refractivity contribution is 7.99. The third-order valence-electron chi connectivity index (χ3n) is 2.70. The van der Waals surface area contributed by atoms with Crippen molar-refractivity contribution in [1.82, 2.24) is 14.4 Å². The summed E-state index contributed by atoms with van der Waals surface area (Å²) < 4.78 is 7.33. The fourth-order valence-electron chi connectivity index (χ4n) is 1.94. The first kappa shape index (κ1) is 12.3. The molecule has 19 heavy (non-hydrogen) atoms. The average molecular weight is 274 g/mol. The number of nitrogens with two attached hydrogens (primary N) is 1. The first-order valence-electron chi connectivity index (χ1n) is 6.03. The van der Waals surface area contributed by atoms with Gasteiger partial charge in [0, 0.05) is 18.7 Å². The Morgan fingerprint density at radius 3 is 3.11 bits per heavy atom. The Balaban J connectivity index is 2.06. The van der Waals surface area contributed by atoms with Crippen molar-refractivity contribution in [2.45, 2.75) is 29.6 Å². The number of hydrogen-bond donors (Lipinski definition) is 1. The molecular formula is C13H14N4OS. The van der Waals surface area contributed by atoms with Crippen molar-refractivity contribution in [3.8, 4) is 0 Å². The van der Waals surface area contributed by atoms with Gasteiger partial charge in [-0.2, -0.15) is 0 Å². The summed E-state index contributed by atoms with van der Waals surface area (Å²) in [5, 5.41) is 1.49. The molecule has 5 nitrogen and oxygen atoms in total. The summed E-state index contributed by atoms with van der Waals surface area (Å²) in [7, 11) is 0. The van der Waals surface area contributed by atoms with E-state index < -0.39 is 0 Å². The Morgan fingerprint density at radius 1 is 1.47 bits per heavy atom. The molecule has 3 rings (SSSR count). The number of oxazole rings is 1.